The van der Waals surface area contributed by atoms with Crippen molar-refractivity contribution in [2.24, 2.45) is 0 Å². The zero-order chi connectivity index (χ0) is 15.2. The second-order valence-electron chi connectivity index (χ2n) is 4.41. The average molecular weight is 280 g/mol. The molecule has 0 amide bonds. The average Bonchev–Trinajstić information content (AvgIpc) is 2.52. The van der Waals surface area contributed by atoms with Gasteiger partial charge in [0.2, 0.25) is 0 Å². The van der Waals surface area contributed by atoms with Gasteiger partial charge in [-0.3, -0.25) is 0 Å². The van der Waals surface area contributed by atoms with E-state index in [1.807, 2.05) is 24.3 Å². The van der Waals surface area contributed by atoms with E-state index in [0.717, 1.165) is 11.1 Å². The molecule has 0 radical (unpaired) electrons. The van der Waals surface area contributed by atoms with E-state index in [1.54, 1.807) is 38.5 Å². The van der Waals surface area contributed by atoms with E-state index >= 15 is 0 Å². The highest BCUT2D eigenvalue weighted by molar-refractivity contribution is 5.90. The van der Waals surface area contributed by atoms with E-state index in [-0.39, 0.29) is 0 Å². The van der Waals surface area contributed by atoms with Crippen molar-refractivity contribution in [2.45, 2.75) is 0 Å². The standard InChI is InChI=1S/C17H16N2O2/c1-20-16-7-6-13(10-17(16)21-2)14(11-18)8-12-4-3-5-15(19)9-12/h3-10H,19H2,1-2H3. The predicted molar refractivity (Wildman–Crippen MR) is 83.9 cm³/mol. The fourth-order valence-corrected chi connectivity index (χ4v) is 2.00. The van der Waals surface area contributed by atoms with Crippen LogP contribution in [-0.2, 0) is 0 Å². The fraction of sp³-hybridized carbons (Fsp3) is 0.118. The van der Waals surface area contributed by atoms with Gasteiger partial charge in [-0.25, -0.2) is 0 Å². The molecule has 0 unspecified atom stereocenters. The highest BCUT2D eigenvalue weighted by atomic mass is 16.5. The lowest BCUT2D eigenvalue weighted by atomic mass is 10.0. The third-order valence-corrected chi connectivity index (χ3v) is 3.04. The van der Waals surface area contributed by atoms with Crippen LogP contribution in [0.1, 0.15) is 11.1 Å². The summed E-state index contributed by atoms with van der Waals surface area (Å²) in [6, 6.07) is 14.9. The van der Waals surface area contributed by atoms with Crippen molar-refractivity contribution in [1.82, 2.24) is 0 Å². The first kappa shape index (κ1) is 14.5. The summed E-state index contributed by atoms with van der Waals surface area (Å²) in [6.45, 7) is 0. The second-order valence-corrected chi connectivity index (χ2v) is 4.41. The van der Waals surface area contributed by atoms with E-state index in [9.17, 15) is 5.26 Å². The monoisotopic (exact) mass is 280 g/mol. The highest BCUT2D eigenvalue weighted by Crippen LogP contribution is 2.30. The topological polar surface area (TPSA) is 68.3 Å². The number of benzene rings is 2. The largest absolute Gasteiger partial charge is 0.493 e. The van der Waals surface area contributed by atoms with E-state index in [2.05, 4.69) is 6.07 Å². The normalized spacial score (nSPS) is 10.8. The van der Waals surface area contributed by atoms with Gasteiger partial charge in [-0.05, 0) is 47.5 Å². The molecule has 0 heterocycles. The van der Waals surface area contributed by atoms with Gasteiger partial charge in [-0.2, -0.15) is 5.26 Å². The molecule has 4 nitrogen and oxygen atoms in total. The molecule has 2 aromatic carbocycles. The Kier molecular flexibility index (Phi) is 4.47. The molecule has 0 saturated carbocycles. The molecule has 0 bridgehead atoms. The quantitative estimate of drug-likeness (QED) is 0.530. The van der Waals surface area contributed by atoms with E-state index in [0.29, 0.717) is 22.8 Å². The van der Waals surface area contributed by atoms with E-state index in [1.165, 1.54) is 0 Å². The Morgan fingerprint density at radius 3 is 2.48 bits per heavy atom. The lowest BCUT2D eigenvalue weighted by molar-refractivity contribution is 0.355. The van der Waals surface area contributed by atoms with Gasteiger partial charge in [-0.1, -0.05) is 12.1 Å². The fourth-order valence-electron chi connectivity index (χ4n) is 2.00. The number of rotatable bonds is 4. The summed E-state index contributed by atoms with van der Waals surface area (Å²) < 4.78 is 10.5. The zero-order valence-electron chi connectivity index (χ0n) is 12.0. The lowest BCUT2D eigenvalue weighted by Crippen LogP contribution is -1.92. The molecule has 0 atom stereocenters. The molecule has 4 heteroatoms. The van der Waals surface area contributed by atoms with Crippen molar-refractivity contribution in [3.8, 4) is 17.6 Å². The smallest absolute Gasteiger partial charge is 0.161 e. The number of hydrogen-bond donors (Lipinski definition) is 1. The maximum atomic E-state index is 9.38. The zero-order valence-corrected chi connectivity index (χ0v) is 12.0. The van der Waals surface area contributed by atoms with Crippen LogP contribution < -0.4 is 15.2 Å². The Morgan fingerprint density at radius 2 is 1.86 bits per heavy atom. The van der Waals surface area contributed by atoms with E-state index < -0.39 is 0 Å². The molecule has 0 aliphatic rings. The summed E-state index contributed by atoms with van der Waals surface area (Å²) in [5.74, 6) is 1.21. The van der Waals surface area contributed by atoms with Crippen LogP contribution in [0.5, 0.6) is 11.5 Å². The molecule has 0 saturated heterocycles. The Bertz CT molecular complexity index is 715. The number of nitrogens with zero attached hydrogens (tertiary/aromatic N) is 1. The number of anilines is 1. The Balaban J connectivity index is 2.45. The molecular weight excluding hydrogens is 264 g/mol. The van der Waals surface area contributed by atoms with Gasteiger partial charge < -0.3 is 15.2 Å². The van der Waals surface area contributed by atoms with Crippen molar-refractivity contribution in [3.05, 3.63) is 53.6 Å². The van der Waals surface area contributed by atoms with Crippen LogP contribution in [0.15, 0.2) is 42.5 Å². The van der Waals surface area contributed by atoms with Gasteiger partial charge >= 0.3 is 0 Å². The number of ether oxygens (including phenoxy) is 2. The summed E-state index contributed by atoms with van der Waals surface area (Å²) in [5, 5.41) is 9.38. The summed E-state index contributed by atoms with van der Waals surface area (Å²) in [6.07, 6.45) is 1.79. The third kappa shape index (κ3) is 3.34. The SMILES string of the molecule is COc1ccc(C(C#N)=Cc2cccc(N)c2)cc1OC. The summed E-state index contributed by atoms with van der Waals surface area (Å²) in [4.78, 5) is 0. The number of hydrogen-bond acceptors (Lipinski definition) is 4. The van der Waals surface area contributed by atoms with Crippen molar-refractivity contribution in [2.75, 3.05) is 20.0 Å². The van der Waals surface area contributed by atoms with Crippen LogP contribution in [0, 0.1) is 11.3 Å². The highest BCUT2D eigenvalue weighted by Gasteiger charge is 2.08. The minimum absolute atomic E-state index is 0.529. The van der Waals surface area contributed by atoms with Gasteiger partial charge in [0, 0.05) is 5.69 Å². The molecule has 0 aromatic heterocycles. The molecule has 21 heavy (non-hydrogen) atoms. The lowest BCUT2D eigenvalue weighted by Gasteiger charge is -2.09. The molecule has 106 valence electrons. The Hall–Kier alpha value is -2.93. The first-order chi connectivity index (χ1) is 10.2. The van der Waals surface area contributed by atoms with Crippen molar-refractivity contribution >= 4 is 17.3 Å². The van der Waals surface area contributed by atoms with Gasteiger partial charge in [0.25, 0.3) is 0 Å². The number of allylic oxidation sites excluding steroid dienone is 1. The van der Waals surface area contributed by atoms with Crippen molar-refractivity contribution in [1.29, 1.82) is 5.26 Å². The Labute approximate surface area is 124 Å². The van der Waals surface area contributed by atoms with Crippen molar-refractivity contribution in [3.63, 3.8) is 0 Å². The first-order valence-corrected chi connectivity index (χ1v) is 6.37. The summed E-state index contributed by atoms with van der Waals surface area (Å²) in [5.41, 5.74) is 8.58. The van der Waals surface area contributed by atoms with Crippen LogP contribution in [0.4, 0.5) is 5.69 Å². The van der Waals surface area contributed by atoms with Gasteiger partial charge in [-0.15, -0.1) is 0 Å². The molecule has 2 rings (SSSR count). The summed E-state index contributed by atoms with van der Waals surface area (Å²) in [7, 11) is 3.14. The molecule has 2 aromatic rings. The number of nitrogen functional groups attached to an aromatic ring is 1. The van der Waals surface area contributed by atoms with Gasteiger partial charge in [0.05, 0.1) is 25.9 Å². The first-order valence-electron chi connectivity index (χ1n) is 6.37. The van der Waals surface area contributed by atoms with Crippen LogP contribution in [0.25, 0.3) is 11.6 Å². The van der Waals surface area contributed by atoms with E-state index in [4.69, 9.17) is 15.2 Å². The minimum Gasteiger partial charge on any atom is -0.493 e. The van der Waals surface area contributed by atoms with Gasteiger partial charge in [0.1, 0.15) is 0 Å². The number of nitrogens with two attached hydrogens (primary N) is 1. The third-order valence-electron chi connectivity index (χ3n) is 3.04. The number of methoxy groups -OCH3 is 2. The van der Waals surface area contributed by atoms with Crippen LogP contribution in [-0.4, -0.2) is 14.2 Å². The van der Waals surface area contributed by atoms with Gasteiger partial charge in [0.15, 0.2) is 11.5 Å². The second kappa shape index (κ2) is 6.49. The summed E-state index contributed by atoms with van der Waals surface area (Å²) >= 11 is 0. The maximum Gasteiger partial charge on any atom is 0.161 e. The van der Waals surface area contributed by atoms with Crippen molar-refractivity contribution < 1.29 is 9.47 Å². The Morgan fingerprint density at radius 1 is 1.10 bits per heavy atom. The predicted octanol–water partition coefficient (Wildman–Crippen LogP) is 3.35. The molecule has 0 aliphatic carbocycles. The van der Waals surface area contributed by atoms with Crippen LogP contribution in [0.3, 0.4) is 0 Å². The minimum atomic E-state index is 0.529. The van der Waals surface area contributed by atoms with Crippen LogP contribution in [0.2, 0.25) is 0 Å². The molecular formula is C17H16N2O2. The number of nitriles is 1. The maximum absolute atomic E-state index is 9.38. The molecule has 0 fully saturated rings. The molecule has 0 spiro atoms. The van der Waals surface area contributed by atoms with Crippen LogP contribution >= 0.6 is 0 Å². The molecule has 2 N–H and O–H groups in total. The molecule has 0 aliphatic heterocycles.